The zero-order chi connectivity index (χ0) is 13.0. The van der Waals surface area contributed by atoms with E-state index >= 15 is 0 Å². The number of benzene rings is 1. The lowest BCUT2D eigenvalue weighted by Crippen LogP contribution is -2.45. The molecular weight excluding hydrogens is 283 g/mol. The fourth-order valence-corrected chi connectivity index (χ4v) is 2.62. The van der Waals surface area contributed by atoms with E-state index in [-0.39, 0.29) is 30.2 Å². The molecule has 1 amide bonds. The van der Waals surface area contributed by atoms with Gasteiger partial charge in [-0.15, -0.1) is 24.0 Å². The molecule has 1 aliphatic heterocycles. The lowest BCUT2D eigenvalue weighted by molar-refractivity contribution is -0.119. The number of carbonyl (C=O) groups is 1. The van der Waals surface area contributed by atoms with Crippen molar-refractivity contribution in [2.75, 3.05) is 19.5 Å². The number of nitrogens with one attached hydrogen (secondary N) is 1. The highest BCUT2D eigenvalue weighted by atomic mass is 35.5. The minimum Gasteiger partial charge on any atom is -0.352 e. The van der Waals surface area contributed by atoms with Crippen LogP contribution in [0.4, 0.5) is 0 Å². The number of rotatable bonds is 3. The molecule has 0 aromatic heterocycles. The van der Waals surface area contributed by atoms with E-state index in [1.54, 1.807) is 0 Å². The van der Waals surface area contributed by atoms with Gasteiger partial charge < -0.3 is 5.32 Å². The maximum Gasteiger partial charge on any atom is 0.235 e. The van der Waals surface area contributed by atoms with E-state index in [1.807, 2.05) is 6.07 Å². The summed E-state index contributed by atoms with van der Waals surface area (Å²) in [6.45, 7) is 0.993. The highest BCUT2D eigenvalue weighted by Gasteiger charge is 2.27. The van der Waals surface area contributed by atoms with Crippen molar-refractivity contribution in [3.63, 3.8) is 0 Å². The predicted molar refractivity (Wildman–Crippen MR) is 80.9 cm³/mol. The van der Waals surface area contributed by atoms with E-state index in [2.05, 4.69) is 41.5 Å². The smallest absolute Gasteiger partial charge is 0.235 e. The zero-order valence-corrected chi connectivity index (χ0v) is 12.6. The Hall–Kier alpha value is -0.770. The summed E-state index contributed by atoms with van der Waals surface area (Å²) in [5.41, 5.74) is 1.31. The van der Waals surface area contributed by atoms with Gasteiger partial charge in [-0.1, -0.05) is 30.3 Å². The normalized spacial score (nSPS) is 23.5. The van der Waals surface area contributed by atoms with Gasteiger partial charge in [0.15, 0.2) is 0 Å². The van der Waals surface area contributed by atoms with Crippen LogP contribution in [0.5, 0.6) is 0 Å². The molecule has 1 saturated heterocycles. The van der Waals surface area contributed by atoms with Crippen molar-refractivity contribution in [2.24, 2.45) is 0 Å². The van der Waals surface area contributed by atoms with Gasteiger partial charge in [0, 0.05) is 18.6 Å². The predicted octanol–water partition coefficient (Wildman–Crippen LogP) is 2.60. The van der Waals surface area contributed by atoms with Crippen molar-refractivity contribution >= 4 is 29.9 Å². The standard InChI is InChI=1S/C14H19ClN2O.ClH/c1-17-8-7-12(16-14(18)10-15)9-13(17)11-5-3-2-4-6-11;/h2-6,12-13H,7-10H2,1H3,(H,16,18);1H. The van der Waals surface area contributed by atoms with Gasteiger partial charge in [-0.25, -0.2) is 0 Å². The van der Waals surface area contributed by atoms with E-state index in [0.29, 0.717) is 6.04 Å². The molecule has 19 heavy (non-hydrogen) atoms. The molecule has 1 N–H and O–H groups in total. The number of hydrogen-bond donors (Lipinski definition) is 1. The molecule has 0 bridgehead atoms. The second kappa shape index (κ2) is 7.73. The van der Waals surface area contributed by atoms with Gasteiger partial charge in [0.25, 0.3) is 0 Å². The molecule has 1 heterocycles. The molecule has 1 aromatic rings. The van der Waals surface area contributed by atoms with Crippen LogP contribution in [0.3, 0.4) is 0 Å². The van der Waals surface area contributed by atoms with Crippen molar-refractivity contribution in [1.29, 1.82) is 0 Å². The van der Waals surface area contributed by atoms with Crippen LogP contribution in [-0.4, -0.2) is 36.3 Å². The number of nitrogens with zero attached hydrogens (tertiary/aromatic N) is 1. The fourth-order valence-electron chi connectivity index (χ4n) is 2.55. The molecule has 0 radical (unpaired) electrons. The van der Waals surface area contributed by atoms with Crippen molar-refractivity contribution in [1.82, 2.24) is 10.2 Å². The molecule has 0 saturated carbocycles. The van der Waals surface area contributed by atoms with Crippen LogP contribution in [0.15, 0.2) is 30.3 Å². The van der Waals surface area contributed by atoms with Crippen LogP contribution in [0.1, 0.15) is 24.4 Å². The van der Waals surface area contributed by atoms with Gasteiger partial charge in [-0.3, -0.25) is 9.69 Å². The van der Waals surface area contributed by atoms with Crippen LogP contribution in [0.25, 0.3) is 0 Å². The third-order valence-corrected chi connectivity index (χ3v) is 3.78. The van der Waals surface area contributed by atoms with Gasteiger partial charge in [-0.05, 0) is 25.5 Å². The summed E-state index contributed by atoms with van der Waals surface area (Å²) < 4.78 is 0. The Labute approximate surface area is 125 Å². The quantitative estimate of drug-likeness (QED) is 0.871. The Morgan fingerprint density at radius 1 is 1.42 bits per heavy atom. The molecule has 0 spiro atoms. The number of hydrogen-bond acceptors (Lipinski definition) is 2. The molecule has 0 aliphatic carbocycles. The molecule has 1 aromatic carbocycles. The number of carbonyl (C=O) groups excluding carboxylic acids is 1. The van der Waals surface area contributed by atoms with Gasteiger partial charge >= 0.3 is 0 Å². The van der Waals surface area contributed by atoms with E-state index < -0.39 is 0 Å². The summed E-state index contributed by atoms with van der Waals surface area (Å²) in [5.74, 6) is -0.0273. The Bertz CT molecular complexity index is 400. The largest absolute Gasteiger partial charge is 0.352 e. The maximum absolute atomic E-state index is 11.3. The second-order valence-corrected chi connectivity index (χ2v) is 5.10. The Kier molecular flexibility index (Phi) is 6.63. The van der Waals surface area contributed by atoms with Crippen molar-refractivity contribution in [3.05, 3.63) is 35.9 Å². The SMILES string of the molecule is CN1CCC(NC(=O)CCl)CC1c1ccccc1.Cl. The Balaban J connectivity index is 0.00000180. The minimum atomic E-state index is -0.0713. The summed E-state index contributed by atoms with van der Waals surface area (Å²) in [4.78, 5) is 13.7. The molecule has 106 valence electrons. The Morgan fingerprint density at radius 2 is 2.11 bits per heavy atom. The lowest BCUT2D eigenvalue weighted by atomic mass is 9.92. The molecule has 5 heteroatoms. The van der Waals surface area contributed by atoms with Gasteiger partial charge in [0.05, 0.1) is 0 Å². The second-order valence-electron chi connectivity index (χ2n) is 4.83. The van der Waals surface area contributed by atoms with Crippen LogP contribution in [0.2, 0.25) is 0 Å². The average Bonchev–Trinajstić information content (AvgIpc) is 2.42. The molecule has 2 unspecified atom stereocenters. The molecule has 3 nitrogen and oxygen atoms in total. The van der Waals surface area contributed by atoms with Crippen molar-refractivity contribution in [2.45, 2.75) is 24.9 Å². The number of alkyl halides is 1. The number of likely N-dealkylation sites (tertiary alicyclic amines) is 1. The van der Waals surface area contributed by atoms with E-state index in [0.717, 1.165) is 19.4 Å². The maximum atomic E-state index is 11.3. The average molecular weight is 303 g/mol. The fraction of sp³-hybridized carbons (Fsp3) is 0.500. The first-order chi connectivity index (χ1) is 8.70. The summed E-state index contributed by atoms with van der Waals surface area (Å²) in [6.07, 6.45) is 1.94. The molecule has 2 rings (SSSR count). The molecule has 1 fully saturated rings. The van der Waals surface area contributed by atoms with Gasteiger partial charge in [0.2, 0.25) is 5.91 Å². The first-order valence-electron chi connectivity index (χ1n) is 6.31. The third kappa shape index (κ3) is 4.37. The first-order valence-corrected chi connectivity index (χ1v) is 6.84. The van der Waals surface area contributed by atoms with Crippen molar-refractivity contribution in [3.8, 4) is 0 Å². The van der Waals surface area contributed by atoms with E-state index in [1.165, 1.54) is 5.56 Å². The van der Waals surface area contributed by atoms with Crippen LogP contribution >= 0.6 is 24.0 Å². The van der Waals surface area contributed by atoms with Gasteiger partial charge in [-0.2, -0.15) is 0 Å². The topological polar surface area (TPSA) is 32.3 Å². The van der Waals surface area contributed by atoms with Crippen molar-refractivity contribution < 1.29 is 4.79 Å². The summed E-state index contributed by atoms with van der Waals surface area (Å²) in [6, 6.07) is 11.0. The van der Waals surface area contributed by atoms with Crippen LogP contribution in [-0.2, 0) is 4.79 Å². The highest BCUT2D eigenvalue weighted by molar-refractivity contribution is 6.27. The summed E-state index contributed by atoms with van der Waals surface area (Å²) >= 11 is 5.53. The van der Waals surface area contributed by atoms with E-state index in [9.17, 15) is 4.79 Å². The summed E-state index contributed by atoms with van der Waals surface area (Å²) in [5, 5.41) is 2.99. The molecule has 1 aliphatic rings. The molecule has 2 atom stereocenters. The van der Waals surface area contributed by atoms with Gasteiger partial charge in [0.1, 0.15) is 5.88 Å². The minimum absolute atomic E-state index is 0. The summed E-state index contributed by atoms with van der Waals surface area (Å²) in [7, 11) is 2.14. The van der Waals surface area contributed by atoms with Crippen LogP contribution in [0, 0.1) is 0 Å². The number of halogens is 2. The Morgan fingerprint density at radius 3 is 2.74 bits per heavy atom. The third-order valence-electron chi connectivity index (χ3n) is 3.54. The first kappa shape index (κ1) is 16.3. The highest BCUT2D eigenvalue weighted by Crippen LogP contribution is 2.29. The number of amides is 1. The molecular formula is C14H20Cl2N2O. The monoisotopic (exact) mass is 302 g/mol. The van der Waals surface area contributed by atoms with E-state index in [4.69, 9.17) is 11.6 Å². The van der Waals surface area contributed by atoms with Crippen LogP contribution < -0.4 is 5.32 Å². The zero-order valence-electron chi connectivity index (χ0n) is 11.0. The lowest BCUT2D eigenvalue weighted by Gasteiger charge is -2.37. The number of piperidine rings is 1.